The van der Waals surface area contributed by atoms with Gasteiger partial charge >= 0.3 is 0 Å². The third kappa shape index (κ3) is 3.75. The first kappa shape index (κ1) is 14.4. The summed E-state index contributed by atoms with van der Waals surface area (Å²) in [6.45, 7) is 7.01. The minimum atomic E-state index is -0.351. The molecular weight excluding hydrogens is 310 g/mol. The van der Waals surface area contributed by atoms with E-state index in [1.165, 1.54) is 0 Å². The van der Waals surface area contributed by atoms with E-state index in [2.05, 4.69) is 40.0 Å². The van der Waals surface area contributed by atoms with E-state index in [1.807, 2.05) is 6.07 Å². The molecule has 0 amide bonds. The normalized spacial score (nSPS) is 24.4. The third-order valence-corrected chi connectivity index (χ3v) is 3.92. The molecule has 5 nitrogen and oxygen atoms in total. The fraction of sp³-hybridized carbons (Fsp3) is 0.538. The monoisotopic (exact) mass is 327 g/mol. The molecule has 1 saturated heterocycles. The van der Waals surface area contributed by atoms with Gasteiger partial charge in [0.2, 0.25) is 0 Å². The first-order chi connectivity index (χ1) is 8.95. The van der Waals surface area contributed by atoms with E-state index >= 15 is 0 Å². The number of nitrogens with zero attached hydrogens (tertiary/aromatic N) is 2. The molecule has 0 spiro atoms. The Morgan fingerprint density at radius 2 is 2.05 bits per heavy atom. The molecule has 0 aromatic heterocycles. The SMILES string of the molecule is CC1CN(Cc2ccc(Br)c([N+](=O)[O-])c2)CC(C)N1. The minimum absolute atomic E-state index is 0.133. The van der Waals surface area contributed by atoms with Gasteiger partial charge in [-0.3, -0.25) is 15.0 Å². The van der Waals surface area contributed by atoms with Crippen LogP contribution in [0.1, 0.15) is 19.4 Å². The molecule has 1 heterocycles. The Hall–Kier alpha value is -0.980. The van der Waals surface area contributed by atoms with Gasteiger partial charge in [-0.1, -0.05) is 6.07 Å². The van der Waals surface area contributed by atoms with Gasteiger partial charge in [0, 0.05) is 37.8 Å². The van der Waals surface area contributed by atoms with Crippen LogP contribution >= 0.6 is 15.9 Å². The zero-order valence-electron chi connectivity index (χ0n) is 11.1. The van der Waals surface area contributed by atoms with Gasteiger partial charge in [-0.25, -0.2) is 0 Å². The molecule has 0 saturated carbocycles. The van der Waals surface area contributed by atoms with Crippen LogP contribution in [-0.2, 0) is 6.54 Å². The molecular formula is C13H18BrN3O2. The minimum Gasteiger partial charge on any atom is -0.309 e. The summed E-state index contributed by atoms with van der Waals surface area (Å²) in [5.74, 6) is 0. The summed E-state index contributed by atoms with van der Waals surface area (Å²) in [7, 11) is 0. The summed E-state index contributed by atoms with van der Waals surface area (Å²) in [6, 6.07) is 6.25. The lowest BCUT2D eigenvalue weighted by Gasteiger charge is -2.36. The summed E-state index contributed by atoms with van der Waals surface area (Å²) in [5, 5.41) is 14.4. The lowest BCUT2D eigenvalue weighted by atomic mass is 10.1. The number of hydrogen-bond donors (Lipinski definition) is 1. The predicted octanol–water partition coefficient (Wildman–Crippen LogP) is 2.54. The van der Waals surface area contributed by atoms with E-state index < -0.39 is 0 Å². The number of hydrogen-bond acceptors (Lipinski definition) is 4. The van der Waals surface area contributed by atoms with Crippen molar-refractivity contribution in [1.82, 2.24) is 10.2 Å². The first-order valence-corrected chi connectivity index (χ1v) is 7.16. The van der Waals surface area contributed by atoms with Gasteiger partial charge in [0.05, 0.1) is 9.40 Å². The van der Waals surface area contributed by atoms with Crippen molar-refractivity contribution in [3.05, 3.63) is 38.3 Å². The van der Waals surface area contributed by atoms with Gasteiger partial charge in [0.15, 0.2) is 0 Å². The molecule has 6 heteroatoms. The molecule has 104 valence electrons. The Morgan fingerprint density at radius 1 is 1.42 bits per heavy atom. The van der Waals surface area contributed by atoms with Crippen LogP contribution in [-0.4, -0.2) is 35.0 Å². The predicted molar refractivity (Wildman–Crippen MR) is 78.1 cm³/mol. The topological polar surface area (TPSA) is 58.4 Å². The van der Waals surface area contributed by atoms with Crippen molar-refractivity contribution in [1.29, 1.82) is 0 Å². The smallest absolute Gasteiger partial charge is 0.283 e. The number of nitro groups is 1. The van der Waals surface area contributed by atoms with Crippen molar-refractivity contribution in [3.8, 4) is 0 Å². The summed E-state index contributed by atoms with van der Waals surface area (Å²) in [4.78, 5) is 12.9. The summed E-state index contributed by atoms with van der Waals surface area (Å²) in [6.07, 6.45) is 0. The van der Waals surface area contributed by atoms with Crippen LogP contribution in [0.3, 0.4) is 0 Å². The first-order valence-electron chi connectivity index (χ1n) is 6.37. The third-order valence-electron chi connectivity index (χ3n) is 3.25. The van der Waals surface area contributed by atoms with Crippen LogP contribution < -0.4 is 5.32 Å². The Labute approximate surface area is 121 Å². The summed E-state index contributed by atoms with van der Waals surface area (Å²) >= 11 is 3.21. The Balaban J connectivity index is 2.10. The molecule has 1 fully saturated rings. The number of halogens is 1. The molecule has 1 N–H and O–H groups in total. The Morgan fingerprint density at radius 3 is 2.63 bits per heavy atom. The number of nitrogens with one attached hydrogen (secondary N) is 1. The van der Waals surface area contributed by atoms with Crippen LogP contribution in [0.5, 0.6) is 0 Å². The van der Waals surface area contributed by atoms with Gasteiger partial charge in [-0.2, -0.15) is 0 Å². The van der Waals surface area contributed by atoms with Crippen molar-refractivity contribution < 1.29 is 4.92 Å². The molecule has 0 bridgehead atoms. The van der Waals surface area contributed by atoms with Crippen LogP contribution in [0.25, 0.3) is 0 Å². The molecule has 19 heavy (non-hydrogen) atoms. The van der Waals surface area contributed by atoms with Gasteiger partial charge in [0.1, 0.15) is 0 Å². The summed E-state index contributed by atoms with van der Waals surface area (Å²) < 4.78 is 0.531. The van der Waals surface area contributed by atoms with E-state index in [9.17, 15) is 10.1 Å². The van der Waals surface area contributed by atoms with Crippen molar-refractivity contribution in [2.24, 2.45) is 0 Å². The lowest BCUT2D eigenvalue weighted by molar-refractivity contribution is -0.385. The number of piperazine rings is 1. The highest BCUT2D eigenvalue weighted by Crippen LogP contribution is 2.26. The zero-order chi connectivity index (χ0) is 14.0. The van der Waals surface area contributed by atoms with E-state index in [0.717, 1.165) is 25.2 Å². The van der Waals surface area contributed by atoms with Gasteiger partial charge in [0.25, 0.3) is 5.69 Å². The van der Waals surface area contributed by atoms with Crippen LogP contribution in [0.2, 0.25) is 0 Å². The van der Waals surface area contributed by atoms with E-state index in [0.29, 0.717) is 16.6 Å². The number of benzene rings is 1. The zero-order valence-corrected chi connectivity index (χ0v) is 12.7. The Bertz CT molecular complexity index is 471. The molecule has 1 aromatic rings. The van der Waals surface area contributed by atoms with Crippen molar-refractivity contribution in [2.75, 3.05) is 13.1 Å². The highest BCUT2D eigenvalue weighted by molar-refractivity contribution is 9.10. The average Bonchev–Trinajstić information content (AvgIpc) is 2.30. The second-order valence-corrected chi connectivity index (χ2v) is 6.06. The van der Waals surface area contributed by atoms with Crippen molar-refractivity contribution in [2.45, 2.75) is 32.5 Å². The molecule has 1 aliphatic rings. The highest BCUT2D eigenvalue weighted by atomic mass is 79.9. The molecule has 2 rings (SSSR count). The summed E-state index contributed by atoms with van der Waals surface area (Å²) in [5.41, 5.74) is 1.12. The molecule has 0 aliphatic carbocycles. The molecule has 0 radical (unpaired) electrons. The van der Waals surface area contributed by atoms with Gasteiger partial charge in [-0.05, 0) is 41.4 Å². The standard InChI is InChI=1S/C13H18BrN3O2/c1-9-6-16(7-10(2)15-9)8-11-3-4-12(14)13(5-11)17(18)19/h3-5,9-10,15H,6-8H2,1-2H3. The van der Waals surface area contributed by atoms with Gasteiger partial charge < -0.3 is 5.32 Å². The maximum absolute atomic E-state index is 10.9. The number of rotatable bonds is 3. The number of nitro benzene ring substituents is 1. The molecule has 2 atom stereocenters. The van der Waals surface area contributed by atoms with Crippen LogP contribution in [0.4, 0.5) is 5.69 Å². The maximum atomic E-state index is 10.9. The van der Waals surface area contributed by atoms with E-state index in [1.54, 1.807) is 12.1 Å². The molecule has 1 aromatic carbocycles. The lowest BCUT2D eigenvalue weighted by Crippen LogP contribution is -2.53. The second-order valence-electron chi connectivity index (χ2n) is 5.21. The van der Waals surface area contributed by atoms with Crippen LogP contribution in [0, 0.1) is 10.1 Å². The largest absolute Gasteiger partial charge is 0.309 e. The van der Waals surface area contributed by atoms with Crippen molar-refractivity contribution >= 4 is 21.6 Å². The molecule has 1 aliphatic heterocycles. The maximum Gasteiger partial charge on any atom is 0.283 e. The van der Waals surface area contributed by atoms with E-state index in [-0.39, 0.29) is 10.6 Å². The second kappa shape index (κ2) is 5.98. The highest BCUT2D eigenvalue weighted by Gasteiger charge is 2.21. The van der Waals surface area contributed by atoms with Crippen LogP contribution in [0.15, 0.2) is 22.7 Å². The van der Waals surface area contributed by atoms with Crippen molar-refractivity contribution in [3.63, 3.8) is 0 Å². The quantitative estimate of drug-likeness (QED) is 0.684. The fourth-order valence-corrected chi connectivity index (χ4v) is 3.02. The fourth-order valence-electron chi connectivity index (χ4n) is 2.62. The van der Waals surface area contributed by atoms with Gasteiger partial charge in [-0.15, -0.1) is 0 Å². The van der Waals surface area contributed by atoms with E-state index in [4.69, 9.17) is 0 Å². The average molecular weight is 328 g/mol. The molecule has 2 unspecified atom stereocenters. The Kier molecular flexibility index (Phi) is 4.54.